The molecule has 0 saturated carbocycles. The Morgan fingerprint density at radius 1 is 0.808 bits per heavy atom. The Morgan fingerprint density at radius 2 is 1.31 bits per heavy atom. The molecule has 7 heteroatoms. The van der Waals surface area contributed by atoms with Crippen molar-refractivity contribution in [3.8, 4) is 28.7 Å². The Kier molecular flexibility index (Phi) is 6.54. The number of carbonyl (C=O) groups is 1. The Bertz CT molecular complexity index is 727. The monoisotopic (exact) mass is 361 g/mol. The van der Waals surface area contributed by atoms with Crippen LogP contribution in [0.15, 0.2) is 30.3 Å². The second-order valence-electron chi connectivity index (χ2n) is 5.25. The van der Waals surface area contributed by atoms with Gasteiger partial charge in [0.05, 0.1) is 35.5 Å². The van der Waals surface area contributed by atoms with Gasteiger partial charge in [-0.3, -0.25) is 4.79 Å². The summed E-state index contributed by atoms with van der Waals surface area (Å²) in [4.78, 5) is 12.7. The van der Waals surface area contributed by atoms with Crippen LogP contribution in [0.3, 0.4) is 0 Å². The predicted octanol–water partition coefficient (Wildman–Crippen LogP) is 2.66. The Balaban J connectivity index is 2.25. The van der Waals surface area contributed by atoms with Crippen molar-refractivity contribution in [1.29, 1.82) is 0 Å². The van der Waals surface area contributed by atoms with Gasteiger partial charge in [-0.05, 0) is 29.8 Å². The smallest absolute Gasteiger partial charge is 0.259 e. The van der Waals surface area contributed by atoms with Gasteiger partial charge in [-0.2, -0.15) is 0 Å². The minimum absolute atomic E-state index is 0.261. The number of rotatable bonds is 8. The van der Waals surface area contributed by atoms with E-state index in [0.29, 0.717) is 34.3 Å². The highest BCUT2D eigenvalue weighted by Gasteiger charge is 2.19. The van der Waals surface area contributed by atoms with Crippen LogP contribution in [0.25, 0.3) is 0 Å². The predicted molar refractivity (Wildman–Crippen MR) is 96.8 cm³/mol. The van der Waals surface area contributed by atoms with Crippen molar-refractivity contribution in [3.63, 3.8) is 0 Å². The van der Waals surface area contributed by atoms with E-state index in [9.17, 15) is 4.79 Å². The first-order valence-corrected chi connectivity index (χ1v) is 7.87. The quantitative estimate of drug-likeness (QED) is 0.779. The van der Waals surface area contributed by atoms with E-state index >= 15 is 0 Å². The summed E-state index contributed by atoms with van der Waals surface area (Å²) in [6, 6.07) is 8.73. The lowest BCUT2D eigenvalue weighted by Crippen LogP contribution is -2.24. The van der Waals surface area contributed by atoms with Crippen molar-refractivity contribution in [1.82, 2.24) is 5.32 Å². The first-order valence-electron chi connectivity index (χ1n) is 7.87. The molecule has 0 aromatic heterocycles. The van der Waals surface area contributed by atoms with Gasteiger partial charge < -0.3 is 29.0 Å². The zero-order valence-electron chi connectivity index (χ0n) is 15.5. The number of ether oxygens (including phenoxy) is 5. The first kappa shape index (κ1) is 19.2. The molecule has 1 N–H and O–H groups in total. The highest BCUT2D eigenvalue weighted by atomic mass is 16.5. The van der Waals surface area contributed by atoms with Crippen LogP contribution < -0.4 is 29.0 Å². The van der Waals surface area contributed by atoms with Crippen molar-refractivity contribution in [2.24, 2.45) is 0 Å². The van der Waals surface area contributed by atoms with Crippen molar-refractivity contribution in [3.05, 3.63) is 41.5 Å². The van der Waals surface area contributed by atoms with Gasteiger partial charge in [-0.15, -0.1) is 0 Å². The van der Waals surface area contributed by atoms with E-state index < -0.39 is 0 Å². The van der Waals surface area contributed by atoms with Crippen LogP contribution >= 0.6 is 0 Å². The molecule has 0 atom stereocenters. The van der Waals surface area contributed by atoms with Gasteiger partial charge in [0.1, 0.15) is 17.1 Å². The molecule has 1 amide bonds. The minimum atomic E-state index is -0.312. The molecule has 0 fully saturated rings. The van der Waals surface area contributed by atoms with Gasteiger partial charge in [0.25, 0.3) is 5.91 Å². The molecular weight excluding hydrogens is 338 g/mol. The van der Waals surface area contributed by atoms with Crippen LogP contribution in [0.4, 0.5) is 0 Å². The lowest BCUT2D eigenvalue weighted by molar-refractivity contribution is 0.0944. The van der Waals surface area contributed by atoms with Crippen molar-refractivity contribution >= 4 is 5.91 Å². The molecule has 0 saturated heterocycles. The summed E-state index contributed by atoms with van der Waals surface area (Å²) < 4.78 is 26.5. The van der Waals surface area contributed by atoms with E-state index in [-0.39, 0.29) is 12.5 Å². The van der Waals surface area contributed by atoms with Crippen molar-refractivity contribution in [2.45, 2.75) is 6.54 Å². The second kappa shape index (κ2) is 8.84. The summed E-state index contributed by atoms with van der Waals surface area (Å²) in [5, 5.41) is 2.85. The number of amides is 1. The summed E-state index contributed by atoms with van der Waals surface area (Å²) in [6.45, 7) is 0.261. The third-order valence-corrected chi connectivity index (χ3v) is 3.83. The molecule has 0 unspecified atom stereocenters. The molecule has 7 nitrogen and oxygen atoms in total. The van der Waals surface area contributed by atoms with Crippen LogP contribution in [0.1, 0.15) is 15.9 Å². The molecule has 2 rings (SSSR count). The standard InChI is InChI=1S/C19H23NO6/c1-22-13-7-6-8-14(23-2)17(13)19(21)20-11-12-9-15(24-3)18(26-5)16(10-12)25-4/h6-10H,11H2,1-5H3,(H,20,21). The molecule has 0 radical (unpaired) electrons. The van der Waals surface area contributed by atoms with E-state index in [1.807, 2.05) is 0 Å². The fourth-order valence-corrected chi connectivity index (χ4v) is 2.58. The lowest BCUT2D eigenvalue weighted by Gasteiger charge is -2.15. The number of hydrogen-bond donors (Lipinski definition) is 1. The van der Waals surface area contributed by atoms with Crippen molar-refractivity contribution in [2.75, 3.05) is 35.5 Å². The maximum absolute atomic E-state index is 12.7. The molecule has 0 aliphatic rings. The summed E-state index contributed by atoms with van der Waals surface area (Å²) in [6.07, 6.45) is 0. The van der Waals surface area contributed by atoms with Gasteiger partial charge in [0.15, 0.2) is 11.5 Å². The Hall–Kier alpha value is -3.09. The third-order valence-electron chi connectivity index (χ3n) is 3.83. The highest BCUT2D eigenvalue weighted by molar-refractivity contribution is 5.99. The lowest BCUT2D eigenvalue weighted by atomic mass is 10.1. The summed E-state index contributed by atoms with van der Waals surface area (Å²) >= 11 is 0. The van der Waals surface area contributed by atoms with Gasteiger partial charge in [-0.1, -0.05) is 6.07 Å². The average Bonchev–Trinajstić information content (AvgIpc) is 2.70. The van der Waals surface area contributed by atoms with Gasteiger partial charge in [-0.25, -0.2) is 0 Å². The molecule has 2 aromatic carbocycles. The Morgan fingerprint density at radius 3 is 1.73 bits per heavy atom. The zero-order valence-corrected chi connectivity index (χ0v) is 15.5. The molecule has 0 bridgehead atoms. The SMILES string of the molecule is COc1cc(CNC(=O)c2c(OC)cccc2OC)cc(OC)c1OC. The molecular formula is C19H23NO6. The maximum Gasteiger partial charge on any atom is 0.259 e. The highest BCUT2D eigenvalue weighted by Crippen LogP contribution is 2.38. The van der Waals surface area contributed by atoms with Crippen LogP contribution in [-0.4, -0.2) is 41.5 Å². The summed E-state index contributed by atoms with van der Waals surface area (Å²) in [7, 11) is 7.63. The fourth-order valence-electron chi connectivity index (χ4n) is 2.58. The summed E-state index contributed by atoms with van der Waals surface area (Å²) in [5.41, 5.74) is 1.13. The van der Waals surface area contributed by atoms with Crippen LogP contribution in [-0.2, 0) is 6.54 Å². The Labute approximate surface area is 152 Å². The topological polar surface area (TPSA) is 75.3 Å². The second-order valence-corrected chi connectivity index (χ2v) is 5.25. The first-order chi connectivity index (χ1) is 12.6. The maximum atomic E-state index is 12.7. The molecule has 0 aliphatic heterocycles. The average molecular weight is 361 g/mol. The normalized spacial score (nSPS) is 10.0. The van der Waals surface area contributed by atoms with Crippen LogP contribution in [0.5, 0.6) is 28.7 Å². The van der Waals surface area contributed by atoms with Gasteiger partial charge in [0, 0.05) is 6.54 Å². The molecule has 140 valence electrons. The van der Waals surface area contributed by atoms with E-state index in [1.165, 1.54) is 21.3 Å². The van der Waals surface area contributed by atoms with Crippen molar-refractivity contribution < 1.29 is 28.5 Å². The number of nitrogens with one attached hydrogen (secondary N) is 1. The number of methoxy groups -OCH3 is 5. The molecule has 2 aromatic rings. The molecule has 0 heterocycles. The zero-order chi connectivity index (χ0) is 19.1. The number of carbonyl (C=O) groups excluding carboxylic acids is 1. The van der Waals surface area contributed by atoms with Gasteiger partial charge >= 0.3 is 0 Å². The minimum Gasteiger partial charge on any atom is -0.496 e. The molecule has 26 heavy (non-hydrogen) atoms. The van der Waals surface area contributed by atoms with Gasteiger partial charge in [0.2, 0.25) is 5.75 Å². The third kappa shape index (κ3) is 3.93. The van der Waals surface area contributed by atoms with E-state index in [0.717, 1.165) is 5.56 Å². The largest absolute Gasteiger partial charge is 0.496 e. The number of benzene rings is 2. The van der Waals surface area contributed by atoms with E-state index in [2.05, 4.69) is 5.32 Å². The van der Waals surface area contributed by atoms with Crippen LogP contribution in [0, 0.1) is 0 Å². The van der Waals surface area contributed by atoms with Crippen LogP contribution in [0.2, 0.25) is 0 Å². The summed E-state index contributed by atoms with van der Waals surface area (Å²) in [5.74, 6) is 2.10. The fraction of sp³-hybridized carbons (Fsp3) is 0.316. The van der Waals surface area contributed by atoms with E-state index in [1.54, 1.807) is 44.6 Å². The van der Waals surface area contributed by atoms with E-state index in [4.69, 9.17) is 23.7 Å². The molecule has 0 aliphatic carbocycles. The molecule has 0 spiro atoms. The number of hydrogen-bond acceptors (Lipinski definition) is 6.